The van der Waals surface area contributed by atoms with Gasteiger partial charge in [-0.1, -0.05) is 66.7 Å². The Balaban J connectivity index is 1.67. The van der Waals surface area contributed by atoms with Crippen LogP contribution in [0.5, 0.6) is 5.75 Å². The van der Waals surface area contributed by atoms with Gasteiger partial charge in [0.25, 0.3) is 0 Å². The predicted molar refractivity (Wildman–Crippen MR) is 98.5 cm³/mol. The van der Waals surface area contributed by atoms with E-state index in [1.807, 2.05) is 54.6 Å². The van der Waals surface area contributed by atoms with E-state index in [1.54, 1.807) is 6.07 Å². The molecule has 0 aliphatic heterocycles. The Morgan fingerprint density at radius 1 is 0.885 bits per heavy atom. The molecule has 134 valence electrons. The standard InChI is InChI=1S/C20H18FO4P/c21-20(26(22,23)24)18-7-4-8-19(13-18)25-14-15-9-11-17(12-10-15)16-5-2-1-3-6-16/h1-13,20H,14H2,(H2,22,23,24). The third kappa shape index (κ3) is 4.58. The van der Waals surface area contributed by atoms with Crippen LogP contribution in [0.15, 0.2) is 78.9 Å². The molecule has 2 N–H and O–H groups in total. The van der Waals surface area contributed by atoms with Crippen LogP contribution < -0.4 is 4.74 Å². The summed E-state index contributed by atoms with van der Waals surface area (Å²) < 4.78 is 30.4. The molecule has 0 aromatic heterocycles. The van der Waals surface area contributed by atoms with E-state index in [4.69, 9.17) is 14.5 Å². The zero-order valence-corrected chi connectivity index (χ0v) is 14.7. The number of hydrogen-bond acceptors (Lipinski definition) is 2. The SMILES string of the molecule is O=P(O)(O)C(F)c1cccc(OCc2ccc(-c3ccccc3)cc2)c1. The first-order chi connectivity index (χ1) is 12.4. The van der Waals surface area contributed by atoms with Gasteiger partial charge in [0.15, 0.2) is 0 Å². The van der Waals surface area contributed by atoms with E-state index < -0.39 is 13.5 Å². The van der Waals surface area contributed by atoms with Gasteiger partial charge in [0.2, 0.25) is 5.91 Å². The molecule has 0 spiro atoms. The van der Waals surface area contributed by atoms with Crippen molar-refractivity contribution in [3.8, 4) is 16.9 Å². The third-order valence-electron chi connectivity index (χ3n) is 3.90. The summed E-state index contributed by atoms with van der Waals surface area (Å²) in [5.41, 5.74) is 3.05. The lowest BCUT2D eigenvalue weighted by atomic mass is 10.0. The highest BCUT2D eigenvalue weighted by Gasteiger charge is 2.30. The minimum absolute atomic E-state index is 0.102. The van der Waals surface area contributed by atoms with Gasteiger partial charge in [-0.05, 0) is 28.8 Å². The molecular weight excluding hydrogens is 354 g/mol. The maximum atomic E-state index is 13.8. The van der Waals surface area contributed by atoms with E-state index in [9.17, 15) is 8.96 Å². The molecular formula is C20H18FO4P. The molecule has 0 aliphatic rings. The molecule has 3 rings (SSSR count). The summed E-state index contributed by atoms with van der Waals surface area (Å²) in [6.45, 7) is 0.269. The fourth-order valence-corrected chi connectivity index (χ4v) is 3.09. The summed E-state index contributed by atoms with van der Waals surface area (Å²) in [7, 11) is -4.83. The normalized spacial score (nSPS) is 12.6. The molecule has 0 saturated heterocycles. The van der Waals surface area contributed by atoms with Gasteiger partial charge in [-0.15, -0.1) is 0 Å². The van der Waals surface area contributed by atoms with Crippen LogP contribution in [-0.4, -0.2) is 9.79 Å². The molecule has 1 unspecified atom stereocenters. The minimum atomic E-state index is -4.83. The van der Waals surface area contributed by atoms with E-state index in [0.717, 1.165) is 16.7 Å². The van der Waals surface area contributed by atoms with E-state index in [2.05, 4.69) is 0 Å². The topological polar surface area (TPSA) is 66.8 Å². The second-order valence-corrected chi connectivity index (χ2v) is 7.48. The van der Waals surface area contributed by atoms with Crippen molar-refractivity contribution < 1.29 is 23.5 Å². The Morgan fingerprint density at radius 2 is 1.54 bits per heavy atom. The Morgan fingerprint density at radius 3 is 2.19 bits per heavy atom. The second-order valence-electron chi connectivity index (χ2n) is 5.85. The Hall–Kier alpha value is -2.46. The number of alkyl halides is 1. The quantitative estimate of drug-likeness (QED) is 0.592. The molecule has 0 fully saturated rings. The van der Waals surface area contributed by atoms with Crippen molar-refractivity contribution in [2.75, 3.05) is 0 Å². The number of rotatable bonds is 6. The third-order valence-corrected chi connectivity index (χ3v) is 4.78. The maximum Gasteiger partial charge on any atom is 0.363 e. The number of halogens is 1. The van der Waals surface area contributed by atoms with Crippen LogP contribution in [0.2, 0.25) is 0 Å². The zero-order chi connectivity index (χ0) is 18.6. The largest absolute Gasteiger partial charge is 0.489 e. The Bertz CT molecular complexity index is 907. The van der Waals surface area contributed by atoms with Gasteiger partial charge in [-0.25, -0.2) is 4.39 Å². The lowest BCUT2D eigenvalue weighted by Crippen LogP contribution is -1.98. The van der Waals surface area contributed by atoms with Crippen LogP contribution in [0.3, 0.4) is 0 Å². The highest BCUT2D eigenvalue weighted by molar-refractivity contribution is 7.51. The Kier molecular flexibility index (Phi) is 5.52. The molecule has 0 radical (unpaired) electrons. The highest BCUT2D eigenvalue weighted by Crippen LogP contribution is 2.52. The van der Waals surface area contributed by atoms with Gasteiger partial charge in [-0.2, -0.15) is 0 Å². The summed E-state index contributed by atoms with van der Waals surface area (Å²) in [6, 6.07) is 23.6. The molecule has 3 aromatic rings. The molecule has 0 aliphatic carbocycles. The summed E-state index contributed by atoms with van der Waals surface area (Å²) in [6.07, 6.45) is 0. The fraction of sp³-hybridized carbons (Fsp3) is 0.100. The average Bonchev–Trinajstić information content (AvgIpc) is 2.66. The highest BCUT2D eigenvalue weighted by atomic mass is 31.2. The number of hydrogen-bond donors (Lipinski definition) is 2. The summed E-state index contributed by atoms with van der Waals surface area (Å²) >= 11 is 0. The lowest BCUT2D eigenvalue weighted by molar-refractivity contribution is 0.297. The number of benzene rings is 3. The molecule has 0 amide bonds. The average molecular weight is 372 g/mol. The maximum absolute atomic E-state index is 13.8. The summed E-state index contributed by atoms with van der Waals surface area (Å²) in [4.78, 5) is 17.9. The van der Waals surface area contributed by atoms with Crippen LogP contribution in [-0.2, 0) is 11.2 Å². The first-order valence-electron chi connectivity index (χ1n) is 8.00. The first-order valence-corrected chi connectivity index (χ1v) is 9.68. The van der Waals surface area contributed by atoms with Crippen molar-refractivity contribution in [1.29, 1.82) is 0 Å². The molecule has 0 bridgehead atoms. The molecule has 6 heteroatoms. The van der Waals surface area contributed by atoms with Crippen LogP contribution >= 0.6 is 7.60 Å². The predicted octanol–water partition coefficient (Wildman–Crippen LogP) is 5.08. The minimum Gasteiger partial charge on any atom is -0.489 e. The molecule has 26 heavy (non-hydrogen) atoms. The van der Waals surface area contributed by atoms with Crippen LogP contribution in [0.1, 0.15) is 17.0 Å². The zero-order valence-electron chi connectivity index (χ0n) is 13.8. The number of ether oxygens (including phenoxy) is 1. The summed E-state index contributed by atoms with van der Waals surface area (Å²) in [5.74, 6) is -2.00. The molecule has 0 heterocycles. The van der Waals surface area contributed by atoms with E-state index in [-0.39, 0.29) is 12.2 Å². The van der Waals surface area contributed by atoms with Gasteiger partial charge in [0.05, 0.1) is 0 Å². The Labute approximate surface area is 151 Å². The van der Waals surface area contributed by atoms with Crippen molar-refractivity contribution in [2.24, 2.45) is 0 Å². The smallest absolute Gasteiger partial charge is 0.363 e. The molecule has 1 atom stereocenters. The van der Waals surface area contributed by atoms with Gasteiger partial charge in [0, 0.05) is 5.56 Å². The molecule has 0 saturated carbocycles. The van der Waals surface area contributed by atoms with Crippen molar-refractivity contribution in [3.05, 3.63) is 90.0 Å². The monoisotopic (exact) mass is 372 g/mol. The van der Waals surface area contributed by atoms with Crippen molar-refractivity contribution >= 4 is 7.60 Å². The van der Waals surface area contributed by atoms with E-state index >= 15 is 0 Å². The van der Waals surface area contributed by atoms with Gasteiger partial charge >= 0.3 is 7.60 Å². The van der Waals surface area contributed by atoms with Crippen molar-refractivity contribution in [3.63, 3.8) is 0 Å². The van der Waals surface area contributed by atoms with Crippen LogP contribution in [0.4, 0.5) is 4.39 Å². The van der Waals surface area contributed by atoms with Gasteiger partial charge < -0.3 is 14.5 Å². The lowest BCUT2D eigenvalue weighted by Gasteiger charge is -2.12. The summed E-state index contributed by atoms with van der Waals surface area (Å²) in [5, 5.41) is 0. The van der Waals surface area contributed by atoms with Crippen molar-refractivity contribution in [2.45, 2.75) is 12.5 Å². The van der Waals surface area contributed by atoms with Crippen LogP contribution in [0, 0.1) is 0 Å². The van der Waals surface area contributed by atoms with Gasteiger partial charge in [-0.3, -0.25) is 4.57 Å². The first kappa shape index (κ1) is 18.3. The van der Waals surface area contributed by atoms with Crippen molar-refractivity contribution in [1.82, 2.24) is 0 Å². The van der Waals surface area contributed by atoms with Gasteiger partial charge in [0.1, 0.15) is 12.4 Å². The molecule has 3 aromatic carbocycles. The van der Waals surface area contributed by atoms with Crippen LogP contribution in [0.25, 0.3) is 11.1 Å². The molecule has 4 nitrogen and oxygen atoms in total. The van der Waals surface area contributed by atoms with E-state index in [0.29, 0.717) is 5.75 Å². The fourth-order valence-electron chi connectivity index (χ4n) is 2.54. The second kappa shape index (κ2) is 7.83. The van der Waals surface area contributed by atoms with E-state index in [1.165, 1.54) is 18.2 Å².